The Kier molecular flexibility index (Phi) is 5.78. The van der Waals surface area contributed by atoms with Gasteiger partial charge in [0.2, 0.25) is 0 Å². The lowest BCUT2D eigenvalue weighted by Crippen LogP contribution is -2.07. The van der Waals surface area contributed by atoms with Crippen molar-refractivity contribution in [2.24, 2.45) is 9.98 Å². The standard InChI is InChI=1S/C22H20N4/c1-17(25-20-8-12-23-13-9-20)22(16-19-6-4-3-5-7-19)18(2)26-21-10-14-24-15-11-21/h3-16H,1-2H3. The molecule has 0 N–H and O–H groups in total. The van der Waals surface area contributed by atoms with Gasteiger partial charge in [-0.2, -0.15) is 0 Å². The topological polar surface area (TPSA) is 50.5 Å². The van der Waals surface area contributed by atoms with Crippen molar-refractivity contribution in [1.82, 2.24) is 9.97 Å². The second-order valence-electron chi connectivity index (χ2n) is 5.77. The summed E-state index contributed by atoms with van der Waals surface area (Å²) >= 11 is 0. The van der Waals surface area contributed by atoms with Crippen molar-refractivity contribution < 1.29 is 0 Å². The van der Waals surface area contributed by atoms with Crippen molar-refractivity contribution >= 4 is 28.9 Å². The van der Waals surface area contributed by atoms with Crippen LogP contribution in [0.2, 0.25) is 0 Å². The number of nitrogens with zero attached hydrogens (tertiary/aromatic N) is 4. The summed E-state index contributed by atoms with van der Waals surface area (Å²) < 4.78 is 0. The zero-order chi connectivity index (χ0) is 18.2. The Morgan fingerprint density at radius 3 is 1.62 bits per heavy atom. The van der Waals surface area contributed by atoms with Gasteiger partial charge in [-0.25, -0.2) is 0 Å². The van der Waals surface area contributed by atoms with Gasteiger partial charge in [-0.15, -0.1) is 0 Å². The summed E-state index contributed by atoms with van der Waals surface area (Å²) in [5.41, 5.74) is 5.63. The molecular weight excluding hydrogens is 320 g/mol. The Balaban J connectivity index is 2.03. The molecule has 0 aliphatic rings. The number of benzene rings is 1. The quantitative estimate of drug-likeness (QED) is 0.580. The van der Waals surface area contributed by atoms with Gasteiger partial charge in [0.05, 0.1) is 11.4 Å². The van der Waals surface area contributed by atoms with E-state index in [2.05, 4.69) is 28.2 Å². The molecule has 128 valence electrons. The molecule has 0 bridgehead atoms. The van der Waals surface area contributed by atoms with Crippen molar-refractivity contribution in [3.63, 3.8) is 0 Å². The third-order valence-electron chi connectivity index (χ3n) is 3.81. The maximum Gasteiger partial charge on any atom is 0.0663 e. The van der Waals surface area contributed by atoms with E-state index in [0.717, 1.165) is 33.9 Å². The Morgan fingerprint density at radius 2 is 1.15 bits per heavy atom. The third-order valence-corrected chi connectivity index (χ3v) is 3.81. The van der Waals surface area contributed by atoms with Crippen molar-refractivity contribution in [1.29, 1.82) is 0 Å². The van der Waals surface area contributed by atoms with Gasteiger partial charge in [-0.1, -0.05) is 30.3 Å². The lowest BCUT2D eigenvalue weighted by molar-refractivity contribution is 1.31. The van der Waals surface area contributed by atoms with Gasteiger partial charge in [0, 0.05) is 41.8 Å². The Bertz CT molecular complexity index is 870. The predicted octanol–water partition coefficient (Wildman–Crippen LogP) is 5.45. The van der Waals surface area contributed by atoms with Gasteiger partial charge in [0.25, 0.3) is 0 Å². The summed E-state index contributed by atoms with van der Waals surface area (Å²) in [7, 11) is 0. The van der Waals surface area contributed by atoms with Crippen LogP contribution in [-0.2, 0) is 0 Å². The lowest BCUT2D eigenvalue weighted by atomic mass is 10.0. The first-order chi connectivity index (χ1) is 12.7. The highest BCUT2D eigenvalue weighted by Crippen LogP contribution is 2.18. The van der Waals surface area contributed by atoms with E-state index in [1.165, 1.54) is 0 Å². The first-order valence-corrected chi connectivity index (χ1v) is 8.40. The van der Waals surface area contributed by atoms with Crippen LogP contribution >= 0.6 is 0 Å². The fraction of sp³-hybridized carbons (Fsp3) is 0.0909. The van der Waals surface area contributed by atoms with Crippen LogP contribution in [0.15, 0.2) is 94.9 Å². The molecule has 26 heavy (non-hydrogen) atoms. The van der Waals surface area contributed by atoms with Gasteiger partial charge in [0.15, 0.2) is 0 Å². The highest BCUT2D eigenvalue weighted by molar-refractivity contribution is 6.26. The average molecular weight is 340 g/mol. The van der Waals surface area contributed by atoms with Crippen LogP contribution in [0.1, 0.15) is 19.4 Å². The van der Waals surface area contributed by atoms with Crippen LogP contribution < -0.4 is 0 Å². The second-order valence-corrected chi connectivity index (χ2v) is 5.77. The maximum atomic E-state index is 4.73. The fourth-order valence-corrected chi connectivity index (χ4v) is 2.53. The fourth-order valence-electron chi connectivity index (χ4n) is 2.53. The molecule has 0 spiro atoms. The molecule has 0 saturated carbocycles. The van der Waals surface area contributed by atoms with Gasteiger partial charge >= 0.3 is 0 Å². The SMILES string of the molecule is CC(=Nc1ccncc1)C(=Cc1ccccc1)C(C)=Nc1ccncc1. The highest BCUT2D eigenvalue weighted by atomic mass is 14.8. The Labute approximate surface area is 153 Å². The summed E-state index contributed by atoms with van der Waals surface area (Å²) in [6, 6.07) is 17.7. The van der Waals surface area contributed by atoms with Gasteiger partial charge in [0.1, 0.15) is 0 Å². The molecule has 4 heteroatoms. The average Bonchev–Trinajstić information content (AvgIpc) is 2.68. The molecule has 4 nitrogen and oxygen atoms in total. The van der Waals surface area contributed by atoms with Crippen LogP contribution in [0.25, 0.3) is 6.08 Å². The molecule has 2 heterocycles. The number of allylic oxidation sites excluding steroid dienone is 1. The monoisotopic (exact) mass is 340 g/mol. The summed E-state index contributed by atoms with van der Waals surface area (Å²) in [4.78, 5) is 17.6. The van der Waals surface area contributed by atoms with Crippen LogP contribution in [0.4, 0.5) is 11.4 Å². The van der Waals surface area contributed by atoms with Crippen LogP contribution in [0.5, 0.6) is 0 Å². The van der Waals surface area contributed by atoms with Crippen molar-refractivity contribution in [3.8, 4) is 0 Å². The van der Waals surface area contributed by atoms with Gasteiger partial charge in [-0.3, -0.25) is 20.0 Å². The van der Waals surface area contributed by atoms with Crippen LogP contribution in [0.3, 0.4) is 0 Å². The van der Waals surface area contributed by atoms with E-state index < -0.39 is 0 Å². The summed E-state index contributed by atoms with van der Waals surface area (Å²) in [5.74, 6) is 0. The van der Waals surface area contributed by atoms with Crippen LogP contribution in [0, 0.1) is 0 Å². The van der Waals surface area contributed by atoms with E-state index in [1.807, 2.05) is 56.3 Å². The minimum absolute atomic E-state index is 0.869. The molecule has 0 saturated heterocycles. The minimum atomic E-state index is 0.869. The molecular formula is C22H20N4. The lowest BCUT2D eigenvalue weighted by Gasteiger charge is -2.09. The Hall–Kier alpha value is -3.40. The number of rotatable bonds is 5. The summed E-state index contributed by atoms with van der Waals surface area (Å²) in [6.07, 6.45) is 9.07. The minimum Gasteiger partial charge on any atom is -0.265 e. The molecule has 3 rings (SSSR count). The van der Waals surface area contributed by atoms with E-state index in [0.29, 0.717) is 0 Å². The number of pyridine rings is 2. The molecule has 0 atom stereocenters. The first kappa shape index (κ1) is 17.4. The second kappa shape index (κ2) is 8.62. The number of hydrogen-bond donors (Lipinski definition) is 0. The molecule has 2 aromatic heterocycles. The number of aromatic nitrogens is 2. The zero-order valence-electron chi connectivity index (χ0n) is 14.9. The smallest absolute Gasteiger partial charge is 0.0663 e. The van der Waals surface area contributed by atoms with E-state index in [4.69, 9.17) is 9.98 Å². The molecule has 0 amide bonds. The summed E-state index contributed by atoms with van der Waals surface area (Å²) in [5, 5.41) is 0. The van der Waals surface area contributed by atoms with E-state index in [-0.39, 0.29) is 0 Å². The summed E-state index contributed by atoms with van der Waals surface area (Å²) in [6.45, 7) is 4.00. The van der Waals surface area contributed by atoms with Crippen molar-refractivity contribution in [2.45, 2.75) is 13.8 Å². The predicted molar refractivity (Wildman–Crippen MR) is 108 cm³/mol. The van der Waals surface area contributed by atoms with Gasteiger partial charge < -0.3 is 0 Å². The van der Waals surface area contributed by atoms with Gasteiger partial charge in [-0.05, 0) is 49.8 Å². The molecule has 0 fully saturated rings. The van der Waals surface area contributed by atoms with E-state index >= 15 is 0 Å². The molecule has 0 aliphatic carbocycles. The highest BCUT2D eigenvalue weighted by Gasteiger charge is 2.08. The Morgan fingerprint density at radius 1 is 0.692 bits per heavy atom. The first-order valence-electron chi connectivity index (χ1n) is 8.40. The molecule has 0 radical (unpaired) electrons. The van der Waals surface area contributed by atoms with E-state index in [1.54, 1.807) is 24.8 Å². The number of aliphatic imine (C=N–C) groups is 2. The van der Waals surface area contributed by atoms with E-state index in [9.17, 15) is 0 Å². The van der Waals surface area contributed by atoms with Crippen molar-refractivity contribution in [2.75, 3.05) is 0 Å². The van der Waals surface area contributed by atoms with Crippen LogP contribution in [-0.4, -0.2) is 21.4 Å². The molecule has 1 aromatic carbocycles. The molecule has 0 unspecified atom stereocenters. The number of hydrogen-bond acceptors (Lipinski definition) is 4. The normalized spacial score (nSPS) is 11.9. The largest absolute Gasteiger partial charge is 0.265 e. The zero-order valence-corrected chi connectivity index (χ0v) is 14.9. The maximum absolute atomic E-state index is 4.73. The molecule has 3 aromatic rings. The van der Waals surface area contributed by atoms with Crippen molar-refractivity contribution in [3.05, 3.63) is 90.5 Å². The molecule has 0 aliphatic heterocycles. The third kappa shape index (κ3) is 4.80.